The molecule has 2 atom stereocenters. The van der Waals surface area contributed by atoms with Crippen molar-refractivity contribution in [3.05, 3.63) is 29.8 Å². The van der Waals surface area contributed by atoms with Crippen LogP contribution in [0.1, 0.15) is 32.3 Å². The van der Waals surface area contributed by atoms with Gasteiger partial charge >= 0.3 is 6.18 Å². The first-order valence-electron chi connectivity index (χ1n) is 12.6. The Bertz CT molecular complexity index is 1060. The molecule has 1 aromatic heterocycles. The Hall–Kier alpha value is -1.98. The van der Waals surface area contributed by atoms with Crippen LogP contribution in [0.15, 0.2) is 29.4 Å². The van der Waals surface area contributed by atoms with Gasteiger partial charge < -0.3 is 19.4 Å². The third kappa shape index (κ3) is 4.69. The lowest BCUT2D eigenvalue weighted by molar-refractivity contribution is -0.137. The average Bonchev–Trinajstić information content (AvgIpc) is 3.42. The van der Waals surface area contributed by atoms with Crippen LogP contribution in [0.3, 0.4) is 0 Å². The zero-order chi connectivity index (χ0) is 25.6. The molecule has 3 aliphatic heterocycles. The van der Waals surface area contributed by atoms with Crippen LogP contribution in [0.4, 0.5) is 24.8 Å². The molecule has 0 saturated carbocycles. The molecule has 0 bridgehead atoms. The standard InChI is InChI=1S/C25H35F3N6OS/c1-23-9-11-34(20-7-5-19(6-8-20)25(26,27)28)24(23,2)18-32(17-23)10-4-16-36-22-30-29-21(31(22)3)33-12-14-35-15-13-33/h5-8H,4,9-18H2,1-3H3. The lowest BCUT2D eigenvalue weighted by atomic mass is 9.75. The highest BCUT2D eigenvalue weighted by Crippen LogP contribution is 2.52. The summed E-state index contributed by atoms with van der Waals surface area (Å²) in [6, 6.07) is 5.67. The van der Waals surface area contributed by atoms with Gasteiger partial charge in [0, 0.05) is 56.6 Å². The van der Waals surface area contributed by atoms with Crippen LogP contribution in [0.25, 0.3) is 0 Å². The Labute approximate surface area is 215 Å². The minimum Gasteiger partial charge on any atom is -0.378 e. The second-order valence-electron chi connectivity index (χ2n) is 10.6. The summed E-state index contributed by atoms with van der Waals surface area (Å²) < 4.78 is 46.6. The highest BCUT2D eigenvalue weighted by molar-refractivity contribution is 7.99. The molecular weight excluding hydrogens is 489 g/mol. The van der Waals surface area contributed by atoms with Crippen molar-refractivity contribution in [2.75, 3.05) is 68.0 Å². The molecule has 2 aromatic rings. The molecule has 0 radical (unpaired) electrons. The maximum Gasteiger partial charge on any atom is 0.416 e. The second kappa shape index (κ2) is 9.72. The van der Waals surface area contributed by atoms with Gasteiger partial charge in [-0.1, -0.05) is 18.7 Å². The SMILES string of the molecule is Cn1c(SCCCN2CC3(C)CCN(c4ccc(C(F)(F)F)cc4)C3(C)C2)nnc1N1CCOCC1. The molecule has 3 saturated heterocycles. The number of hydrogen-bond acceptors (Lipinski definition) is 7. The van der Waals surface area contributed by atoms with E-state index < -0.39 is 11.7 Å². The fourth-order valence-electron chi connectivity index (χ4n) is 6.04. The number of morpholine rings is 1. The molecule has 36 heavy (non-hydrogen) atoms. The summed E-state index contributed by atoms with van der Waals surface area (Å²) in [5, 5.41) is 9.72. The van der Waals surface area contributed by atoms with Gasteiger partial charge in [-0.25, -0.2) is 0 Å². The number of halogens is 3. The van der Waals surface area contributed by atoms with Crippen molar-refractivity contribution in [2.24, 2.45) is 12.5 Å². The largest absolute Gasteiger partial charge is 0.416 e. The van der Waals surface area contributed by atoms with E-state index in [9.17, 15) is 13.2 Å². The van der Waals surface area contributed by atoms with Gasteiger partial charge in [0.1, 0.15) is 0 Å². The number of nitrogens with zero attached hydrogens (tertiary/aromatic N) is 6. The predicted molar refractivity (Wildman–Crippen MR) is 136 cm³/mol. The Morgan fingerprint density at radius 1 is 1.03 bits per heavy atom. The summed E-state index contributed by atoms with van der Waals surface area (Å²) in [7, 11) is 2.02. The van der Waals surface area contributed by atoms with E-state index in [-0.39, 0.29) is 11.0 Å². The number of ether oxygens (including phenoxy) is 1. The van der Waals surface area contributed by atoms with E-state index >= 15 is 0 Å². The number of likely N-dealkylation sites (tertiary alicyclic amines) is 1. The zero-order valence-corrected chi connectivity index (χ0v) is 22.0. The van der Waals surface area contributed by atoms with Crippen LogP contribution in [0.5, 0.6) is 0 Å². The van der Waals surface area contributed by atoms with Gasteiger partial charge in [0.05, 0.1) is 24.3 Å². The number of benzene rings is 1. The van der Waals surface area contributed by atoms with Crippen LogP contribution in [0, 0.1) is 5.41 Å². The first-order valence-corrected chi connectivity index (χ1v) is 13.6. The highest BCUT2D eigenvalue weighted by Gasteiger charge is 2.58. The van der Waals surface area contributed by atoms with Crippen molar-refractivity contribution in [1.82, 2.24) is 19.7 Å². The van der Waals surface area contributed by atoms with Gasteiger partial charge in [-0.2, -0.15) is 13.2 Å². The van der Waals surface area contributed by atoms with Gasteiger partial charge in [0.2, 0.25) is 5.95 Å². The molecule has 3 fully saturated rings. The van der Waals surface area contributed by atoms with Crippen molar-refractivity contribution in [2.45, 2.75) is 43.6 Å². The first-order chi connectivity index (χ1) is 17.1. The maximum absolute atomic E-state index is 13.0. The summed E-state index contributed by atoms with van der Waals surface area (Å²) in [5.41, 5.74) is 0.296. The van der Waals surface area contributed by atoms with Gasteiger partial charge in [0.25, 0.3) is 0 Å². The zero-order valence-electron chi connectivity index (χ0n) is 21.2. The van der Waals surface area contributed by atoms with E-state index in [2.05, 4.69) is 43.3 Å². The minimum atomic E-state index is -4.31. The van der Waals surface area contributed by atoms with E-state index in [0.29, 0.717) is 0 Å². The molecule has 0 amide bonds. The molecule has 198 valence electrons. The van der Waals surface area contributed by atoms with Crippen molar-refractivity contribution in [3.8, 4) is 0 Å². The van der Waals surface area contributed by atoms with E-state index in [1.54, 1.807) is 23.9 Å². The molecule has 11 heteroatoms. The van der Waals surface area contributed by atoms with Gasteiger partial charge in [-0.05, 0) is 50.6 Å². The first kappa shape index (κ1) is 25.7. The predicted octanol–water partition coefficient (Wildman–Crippen LogP) is 4.14. The van der Waals surface area contributed by atoms with Crippen molar-refractivity contribution < 1.29 is 17.9 Å². The molecule has 3 aliphatic rings. The summed E-state index contributed by atoms with van der Waals surface area (Å²) in [5.74, 6) is 1.86. The lowest BCUT2D eigenvalue weighted by Gasteiger charge is -2.41. The summed E-state index contributed by atoms with van der Waals surface area (Å²) in [4.78, 5) is 7.06. The molecule has 2 unspecified atom stereocenters. The molecule has 0 spiro atoms. The molecule has 5 rings (SSSR count). The van der Waals surface area contributed by atoms with E-state index in [4.69, 9.17) is 4.74 Å². The Kier molecular flexibility index (Phi) is 6.93. The monoisotopic (exact) mass is 524 g/mol. The Balaban J connectivity index is 1.16. The molecule has 7 nitrogen and oxygen atoms in total. The van der Waals surface area contributed by atoms with Gasteiger partial charge in [0.15, 0.2) is 5.16 Å². The molecule has 0 aliphatic carbocycles. The minimum absolute atomic E-state index is 0.101. The summed E-state index contributed by atoms with van der Waals surface area (Å²) in [6.45, 7) is 11.5. The van der Waals surface area contributed by atoms with Gasteiger partial charge in [-0.15, -0.1) is 10.2 Å². The third-order valence-corrected chi connectivity index (χ3v) is 9.46. The van der Waals surface area contributed by atoms with E-state index in [0.717, 1.165) is 87.9 Å². The third-order valence-electron chi connectivity index (χ3n) is 8.35. The molecule has 0 N–H and O–H groups in total. The average molecular weight is 525 g/mol. The highest BCUT2D eigenvalue weighted by atomic mass is 32.2. The van der Waals surface area contributed by atoms with Crippen LogP contribution in [0.2, 0.25) is 0 Å². The number of hydrogen-bond donors (Lipinski definition) is 0. The summed E-state index contributed by atoms with van der Waals surface area (Å²) >= 11 is 1.74. The topological polar surface area (TPSA) is 49.7 Å². The van der Waals surface area contributed by atoms with Gasteiger partial charge in [-0.3, -0.25) is 4.57 Å². The number of thioether (sulfide) groups is 1. The Morgan fingerprint density at radius 3 is 2.44 bits per heavy atom. The number of rotatable bonds is 7. The second-order valence-corrected chi connectivity index (χ2v) is 11.7. The molecular formula is C25H35F3N6OS. The van der Waals surface area contributed by atoms with Crippen molar-refractivity contribution >= 4 is 23.4 Å². The lowest BCUT2D eigenvalue weighted by Crippen LogP contribution is -2.50. The number of aromatic nitrogens is 3. The fraction of sp³-hybridized carbons (Fsp3) is 0.680. The quantitative estimate of drug-likeness (QED) is 0.399. The van der Waals surface area contributed by atoms with Crippen LogP contribution < -0.4 is 9.80 Å². The van der Waals surface area contributed by atoms with E-state index in [1.165, 1.54) is 12.1 Å². The smallest absolute Gasteiger partial charge is 0.378 e. The normalized spacial score (nSPS) is 27.2. The van der Waals surface area contributed by atoms with Crippen LogP contribution >= 0.6 is 11.8 Å². The number of anilines is 2. The number of alkyl halides is 3. The van der Waals surface area contributed by atoms with Crippen LogP contribution in [-0.4, -0.2) is 83.4 Å². The maximum atomic E-state index is 13.0. The van der Waals surface area contributed by atoms with Crippen molar-refractivity contribution in [3.63, 3.8) is 0 Å². The molecule has 4 heterocycles. The van der Waals surface area contributed by atoms with E-state index in [1.807, 2.05) is 7.05 Å². The number of fused-ring (bicyclic) bond motifs is 1. The van der Waals surface area contributed by atoms with Crippen molar-refractivity contribution in [1.29, 1.82) is 0 Å². The summed E-state index contributed by atoms with van der Waals surface area (Å²) in [6.07, 6.45) is -2.23. The van der Waals surface area contributed by atoms with Crippen LogP contribution in [-0.2, 0) is 18.0 Å². The molecule has 1 aromatic carbocycles. The Morgan fingerprint density at radius 2 is 1.75 bits per heavy atom. The fourth-order valence-corrected chi connectivity index (χ4v) is 6.87.